The summed E-state index contributed by atoms with van der Waals surface area (Å²) in [7, 11) is 0. The molecule has 0 aliphatic carbocycles. The van der Waals surface area contributed by atoms with Gasteiger partial charge in [0.25, 0.3) is 0 Å². The van der Waals surface area contributed by atoms with E-state index in [2.05, 4.69) is 19.9 Å². The fourth-order valence-electron chi connectivity index (χ4n) is 2.71. The van der Waals surface area contributed by atoms with Crippen LogP contribution in [0, 0.1) is 0 Å². The van der Waals surface area contributed by atoms with E-state index in [0.29, 0.717) is 6.04 Å². The molecule has 19 heavy (non-hydrogen) atoms. The van der Waals surface area contributed by atoms with Crippen LogP contribution in [0.25, 0.3) is 22.7 Å². The quantitative estimate of drug-likeness (QED) is 0.762. The maximum Gasteiger partial charge on any atom is 0.178 e. The molecule has 96 valence electrons. The molecular formula is C14H14N4O. The van der Waals surface area contributed by atoms with Gasteiger partial charge in [-0.25, -0.2) is 9.97 Å². The molecule has 3 aromatic rings. The molecule has 1 N–H and O–H groups in total. The van der Waals surface area contributed by atoms with E-state index in [-0.39, 0.29) is 0 Å². The molecule has 3 aromatic heterocycles. The van der Waals surface area contributed by atoms with Crippen molar-refractivity contribution in [1.29, 1.82) is 0 Å². The highest BCUT2D eigenvalue weighted by atomic mass is 16.3. The summed E-state index contributed by atoms with van der Waals surface area (Å²) in [5.74, 6) is 1.66. The topological polar surface area (TPSA) is 55.9 Å². The van der Waals surface area contributed by atoms with E-state index in [4.69, 9.17) is 4.42 Å². The van der Waals surface area contributed by atoms with Gasteiger partial charge in [-0.2, -0.15) is 0 Å². The predicted molar refractivity (Wildman–Crippen MR) is 71.8 cm³/mol. The Hall–Kier alpha value is -2.14. The summed E-state index contributed by atoms with van der Waals surface area (Å²) < 4.78 is 7.72. The standard InChI is InChI=1S/C14H14N4O/c1-3-11-13(16-6-1)18(10-5-7-15-9-10)14(17-11)12-4-2-8-19-12/h1-4,6,8,10,15H,5,7,9H2/t10-/m1/s1. The van der Waals surface area contributed by atoms with Crippen molar-refractivity contribution in [2.75, 3.05) is 13.1 Å². The van der Waals surface area contributed by atoms with Gasteiger partial charge in [-0.15, -0.1) is 0 Å². The average molecular weight is 254 g/mol. The first-order chi connectivity index (χ1) is 9.43. The third-order valence-corrected chi connectivity index (χ3v) is 3.59. The van der Waals surface area contributed by atoms with E-state index in [0.717, 1.165) is 42.3 Å². The van der Waals surface area contributed by atoms with Gasteiger partial charge in [-0.05, 0) is 37.2 Å². The number of furan rings is 1. The smallest absolute Gasteiger partial charge is 0.178 e. The van der Waals surface area contributed by atoms with Crippen LogP contribution in [-0.4, -0.2) is 27.6 Å². The molecular weight excluding hydrogens is 240 g/mol. The summed E-state index contributed by atoms with van der Waals surface area (Å²) in [6.45, 7) is 1.99. The second-order valence-corrected chi connectivity index (χ2v) is 4.78. The highest BCUT2D eigenvalue weighted by molar-refractivity contribution is 5.76. The minimum atomic E-state index is 0.389. The largest absolute Gasteiger partial charge is 0.461 e. The number of fused-ring (bicyclic) bond motifs is 1. The summed E-state index contributed by atoms with van der Waals surface area (Å²) in [6.07, 6.45) is 4.59. The van der Waals surface area contributed by atoms with Crippen LogP contribution >= 0.6 is 0 Å². The molecule has 0 spiro atoms. The molecule has 4 rings (SSSR count). The molecule has 0 amide bonds. The van der Waals surface area contributed by atoms with Crippen molar-refractivity contribution < 1.29 is 4.42 Å². The van der Waals surface area contributed by atoms with Crippen LogP contribution in [0.5, 0.6) is 0 Å². The molecule has 5 heteroatoms. The zero-order valence-electron chi connectivity index (χ0n) is 10.4. The Labute approximate surface area is 110 Å². The van der Waals surface area contributed by atoms with Crippen LogP contribution in [0.1, 0.15) is 12.5 Å². The summed E-state index contributed by atoms with van der Waals surface area (Å²) in [5, 5.41) is 3.39. The number of aromatic nitrogens is 3. The molecule has 0 radical (unpaired) electrons. The van der Waals surface area contributed by atoms with E-state index < -0.39 is 0 Å². The lowest BCUT2D eigenvalue weighted by molar-refractivity contribution is 0.535. The first-order valence-corrected chi connectivity index (χ1v) is 6.51. The van der Waals surface area contributed by atoms with Crippen molar-refractivity contribution >= 4 is 11.2 Å². The van der Waals surface area contributed by atoms with Crippen LogP contribution < -0.4 is 5.32 Å². The summed E-state index contributed by atoms with van der Waals surface area (Å²) in [5.41, 5.74) is 1.85. The monoisotopic (exact) mass is 254 g/mol. The zero-order chi connectivity index (χ0) is 12.7. The molecule has 0 bridgehead atoms. The zero-order valence-corrected chi connectivity index (χ0v) is 10.4. The Morgan fingerprint density at radius 1 is 1.32 bits per heavy atom. The Morgan fingerprint density at radius 3 is 3.11 bits per heavy atom. The summed E-state index contributed by atoms with van der Waals surface area (Å²) in [4.78, 5) is 9.17. The number of nitrogens with zero attached hydrogens (tertiary/aromatic N) is 3. The molecule has 1 aliphatic rings. The molecule has 1 aliphatic heterocycles. The van der Waals surface area contributed by atoms with Crippen LogP contribution in [0.3, 0.4) is 0 Å². The second kappa shape index (κ2) is 4.20. The van der Waals surface area contributed by atoms with Gasteiger partial charge < -0.3 is 14.3 Å². The number of imidazole rings is 1. The van der Waals surface area contributed by atoms with Gasteiger partial charge in [0.15, 0.2) is 17.2 Å². The number of nitrogens with one attached hydrogen (secondary N) is 1. The van der Waals surface area contributed by atoms with Crippen molar-refractivity contribution in [2.45, 2.75) is 12.5 Å². The van der Waals surface area contributed by atoms with Crippen LogP contribution in [0.15, 0.2) is 41.1 Å². The molecule has 4 heterocycles. The lowest BCUT2D eigenvalue weighted by Gasteiger charge is -2.13. The Balaban J connectivity index is 1.98. The van der Waals surface area contributed by atoms with Gasteiger partial charge in [-0.3, -0.25) is 0 Å². The first-order valence-electron chi connectivity index (χ1n) is 6.51. The Kier molecular flexibility index (Phi) is 2.38. The van der Waals surface area contributed by atoms with Crippen molar-refractivity contribution in [3.05, 3.63) is 36.7 Å². The van der Waals surface area contributed by atoms with Crippen LogP contribution in [-0.2, 0) is 0 Å². The van der Waals surface area contributed by atoms with E-state index in [1.807, 2.05) is 30.5 Å². The molecule has 1 atom stereocenters. The minimum absolute atomic E-state index is 0.389. The summed E-state index contributed by atoms with van der Waals surface area (Å²) in [6, 6.07) is 8.13. The highest BCUT2D eigenvalue weighted by Crippen LogP contribution is 2.29. The van der Waals surface area contributed by atoms with Crippen molar-refractivity contribution in [3.8, 4) is 11.6 Å². The van der Waals surface area contributed by atoms with Gasteiger partial charge in [0, 0.05) is 12.7 Å². The van der Waals surface area contributed by atoms with Gasteiger partial charge in [-0.1, -0.05) is 0 Å². The normalized spacial score (nSPS) is 19.3. The van der Waals surface area contributed by atoms with E-state index in [9.17, 15) is 0 Å². The Morgan fingerprint density at radius 2 is 2.32 bits per heavy atom. The third-order valence-electron chi connectivity index (χ3n) is 3.59. The van der Waals surface area contributed by atoms with Crippen molar-refractivity contribution in [2.24, 2.45) is 0 Å². The number of pyridine rings is 1. The lowest BCUT2D eigenvalue weighted by atomic mass is 10.2. The van der Waals surface area contributed by atoms with Crippen molar-refractivity contribution in [1.82, 2.24) is 19.9 Å². The predicted octanol–water partition coefficient (Wildman–Crippen LogP) is 2.23. The van der Waals surface area contributed by atoms with E-state index in [1.54, 1.807) is 6.26 Å². The molecule has 1 fully saturated rings. The highest BCUT2D eigenvalue weighted by Gasteiger charge is 2.24. The van der Waals surface area contributed by atoms with Crippen molar-refractivity contribution in [3.63, 3.8) is 0 Å². The van der Waals surface area contributed by atoms with Crippen LogP contribution in [0.2, 0.25) is 0 Å². The Bertz CT molecular complexity index is 695. The van der Waals surface area contributed by atoms with Gasteiger partial charge in [0.2, 0.25) is 0 Å². The molecule has 0 aromatic carbocycles. The number of hydrogen-bond acceptors (Lipinski definition) is 4. The molecule has 0 saturated carbocycles. The summed E-state index contributed by atoms with van der Waals surface area (Å²) >= 11 is 0. The number of hydrogen-bond donors (Lipinski definition) is 1. The molecule has 1 saturated heterocycles. The maximum atomic E-state index is 5.52. The fourth-order valence-corrected chi connectivity index (χ4v) is 2.71. The van der Waals surface area contributed by atoms with Gasteiger partial charge in [0.1, 0.15) is 5.52 Å². The van der Waals surface area contributed by atoms with Crippen LogP contribution in [0.4, 0.5) is 0 Å². The van der Waals surface area contributed by atoms with Gasteiger partial charge in [0.05, 0.1) is 12.3 Å². The average Bonchev–Trinajstić information content (AvgIpc) is 3.17. The molecule has 5 nitrogen and oxygen atoms in total. The van der Waals surface area contributed by atoms with E-state index >= 15 is 0 Å². The first kappa shape index (κ1) is 10.8. The fraction of sp³-hybridized carbons (Fsp3) is 0.286. The third kappa shape index (κ3) is 1.66. The van der Waals surface area contributed by atoms with E-state index in [1.165, 1.54) is 0 Å². The van der Waals surface area contributed by atoms with Gasteiger partial charge >= 0.3 is 0 Å². The minimum Gasteiger partial charge on any atom is -0.461 e. The second-order valence-electron chi connectivity index (χ2n) is 4.78. The maximum absolute atomic E-state index is 5.52. The molecule has 0 unspecified atom stereocenters. The lowest BCUT2D eigenvalue weighted by Crippen LogP contribution is -2.14. The SMILES string of the molecule is c1coc(-c2nc3cccnc3n2[C@@H]2CCNC2)c1. The number of rotatable bonds is 2.